The fourth-order valence-corrected chi connectivity index (χ4v) is 3.60. The SMILES string of the molecule is Cc1nc(NCC2(c3cccc(F)c3)CCOCC2)cc(-c2ccn[nH]2)n1. The molecule has 1 aliphatic heterocycles. The van der Waals surface area contributed by atoms with E-state index in [0.29, 0.717) is 25.6 Å². The maximum atomic E-state index is 13.8. The Kier molecular flexibility index (Phi) is 4.85. The first kappa shape index (κ1) is 17.6. The molecule has 0 unspecified atom stereocenters. The number of hydrogen-bond acceptors (Lipinski definition) is 5. The number of hydrogen-bond donors (Lipinski definition) is 2. The van der Waals surface area contributed by atoms with Crippen LogP contribution in [0.4, 0.5) is 10.2 Å². The lowest BCUT2D eigenvalue weighted by molar-refractivity contribution is 0.0542. The molecule has 0 saturated carbocycles. The van der Waals surface area contributed by atoms with Crippen LogP contribution in [-0.2, 0) is 10.2 Å². The normalized spacial score (nSPS) is 16.2. The van der Waals surface area contributed by atoms with E-state index in [2.05, 4.69) is 25.5 Å². The summed E-state index contributed by atoms with van der Waals surface area (Å²) in [4.78, 5) is 8.97. The first-order valence-electron chi connectivity index (χ1n) is 9.08. The highest BCUT2D eigenvalue weighted by Gasteiger charge is 2.34. The van der Waals surface area contributed by atoms with Crippen molar-refractivity contribution >= 4 is 5.82 Å². The first-order valence-corrected chi connectivity index (χ1v) is 9.08. The molecule has 0 atom stereocenters. The zero-order valence-corrected chi connectivity index (χ0v) is 15.2. The number of rotatable bonds is 5. The number of nitrogens with zero attached hydrogens (tertiary/aromatic N) is 3. The van der Waals surface area contributed by atoms with Gasteiger partial charge in [0.1, 0.15) is 17.5 Å². The lowest BCUT2D eigenvalue weighted by Gasteiger charge is -2.38. The molecule has 0 aliphatic carbocycles. The topological polar surface area (TPSA) is 75.7 Å². The number of nitrogens with one attached hydrogen (secondary N) is 2. The number of aromatic nitrogens is 4. The van der Waals surface area contributed by atoms with Crippen LogP contribution in [0.5, 0.6) is 0 Å². The van der Waals surface area contributed by atoms with Gasteiger partial charge in [0.25, 0.3) is 0 Å². The minimum atomic E-state index is -0.210. The van der Waals surface area contributed by atoms with Crippen molar-refractivity contribution in [2.75, 3.05) is 25.1 Å². The van der Waals surface area contributed by atoms with E-state index in [9.17, 15) is 4.39 Å². The molecule has 2 N–H and O–H groups in total. The molecule has 0 radical (unpaired) electrons. The van der Waals surface area contributed by atoms with Crippen LogP contribution in [0.25, 0.3) is 11.4 Å². The van der Waals surface area contributed by atoms with E-state index in [-0.39, 0.29) is 11.2 Å². The number of aryl methyl sites for hydroxylation is 1. The Morgan fingerprint density at radius 3 is 2.78 bits per heavy atom. The highest BCUT2D eigenvalue weighted by Crippen LogP contribution is 2.35. The summed E-state index contributed by atoms with van der Waals surface area (Å²) >= 11 is 0. The molecule has 2 aromatic heterocycles. The predicted molar refractivity (Wildman–Crippen MR) is 101 cm³/mol. The van der Waals surface area contributed by atoms with E-state index in [1.807, 2.05) is 25.1 Å². The molecule has 6 nitrogen and oxygen atoms in total. The quantitative estimate of drug-likeness (QED) is 0.722. The van der Waals surface area contributed by atoms with Gasteiger partial charge in [0.2, 0.25) is 0 Å². The van der Waals surface area contributed by atoms with E-state index < -0.39 is 0 Å². The Balaban J connectivity index is 1.60. The van der Waals surface area contributed by atoms with Crippen molar-refractivity contribution in [1.29, 1.82) is 0 Å². The summed E-state index contributed by atoms with van der Waals surface area (Å²) in [6.45, 7) is 3.85. The molecule has 27 heavy (non-hydrogen) atoms. The summed E-state index contributed by atoms with van der Waals surface area (Å²) in [6.07, 6.45) is 3.36. The number of halogens is 1. The maximum absolute atomic E-state index is 13.8. The van der Waals surface area contributed by atoms with Gasteiger partial charge in [-0.05, 0) is 43.5 Å². The second kappa shape index (κ2) is 7.44. The van der Waals surface area contributed by atoms with Crippen LogP contribution in [0.1, 0.15) is 24.2 Å². The fraction of sp³-hybridized carbons (Fsp3) is 0.350. The second-order valence-corrected chi connectivity index (χ2v) is 6.91. The van der Waals surface area contributed by atoms with Crippen molar-refractivity contribution in [2.24, 2.45) is 0 Å². The molecule has 0 bridgehead atoms. The lowest BCUT2D eigenvalue weighted by atomic mass is 9.74. The van der Waals surface area contributed by atoms with Crippen molar-refractivity contribution in [1.82, 2.24) is 20.2 Å². The average molecular weight is 367 g/mol. The van der Waals surface area contributed by atoms with E-state index in [1.54, 1.807) is 18.3 Å². The van der Waals surface area contributed by atoms with Crippen LogP contribution >= 0.6 is 0 Å². The van der Waals surface area contributed by atoms with Gasteiger partial charge in [-0.15, -0.1) is 0 Å². The van der Waals surface area contributed by atoms with Gasteiger partial charge in [0.15, 0.2) is 0 Å². The van der Waals surface area contributed by atoms with Crippen molar-refractivity contribution in [3.05, 3.63) is 59.8 Å². The Morgan fingerprint density at radius 1 is 1.19 bits per heavy atom. The van der Waals surface area contributed by atoms with Crippen molar-refractivity contribution in [3.8, 4) is 11.4 Å². The molecular formula is C20H22FN5O. The number of benzene rings is 1. The molecule has 0 spiro atoms. The van der Waals surface area contributed by atoms with Gasteiger partial charge in [0.05, 0.1) is 11.4 Å². The third-order valence-corrected chi connectivity index (χ3v) is 5.11. The van der Waals surface area contributed by atoms with Gasteiger partial charge in [-0.25, -0.2) is 14.4 Å². The third kappa shape index (κ3) is 3.83. The highest BCUT2D eigenvalue weighted by atomic mass is 19.1. The van der Waals surface area contributed by atoms with Gasteiger partial charge in [-0.2, -0.15) is 5.10 Å². The molecular weight excluding hydrogens is 345 g/mol. The summed E-state index contributed by atoms with van der Waals surface area (Å²) in [7, 11) is 0. The van der Waals surface area contributed by atoms with Crippen LogP contribution < -0.4 is 5.32 Å². The molecule has 0 amide bonds. The highest BCUT2D eigenvalue weighted by molar-refractivity contribution is 5.58. The van der Waals surface area contributed by atoms with Crippen molar-refractivity contribution < 1.29 is 9.13 Å². The Morgan fingerprint density at radius 2 is 2.04 bits per heavy atom. The summed E-state index contributed by atoms with van der Waals surface area (Å²) in [5.74, 6) is 1.21. The molecule has 140 valence electrons. The molecule has 1 fully saturated rings. The van der Waals surface area contributed by atoms with E-state index in [4.69, 9.17) is 4.74 Å². The van der Waals surface area contributed by atoms with E-state index >= 15 is 0 Å². The molecule has 1 saturated heterocycles. The molecule has 3 aromatic rings. The van der Waals surface area contributed by atoms with Crippen LogP contribution in [0.15, 0.2) is 42.6 Å². The van der Waals surface area contributed by atoms with Crippen LogP contribution in [0, 0.1) is 12.7 Å². The smallest absolute Gasteiger partial charge is 0.130 e. The third-order valence-electron chi connectivity index (χ3n) is 5.11. The van der Waals surface area contributed by atoms with Crippen LogP contribution in [0.2, 0.25) is 0 Å². The Bertz CT molecular complexity index is 906. The Labute approximate surface area is 157 Å². The van der Waals surface area contributed by atoms with Crippen LogP contribution in [0.3, 0.4) is 0 Å². The summed E-state index contributed by atoms with van der Waals surface area (Å²) in [6, 6.07) is 10.7. The molecule has 1 aliphatic rings. The average Bonchev–Trinajstić information content (AvgIpc) is 3.22. The fourth-order valence-electron chi connectivity index (χ4n) is 3.60. The van der Waals surface area contributed by atoms with Gasteiger partial charge in [-0.3, -0.25) is 5.10 Å². The molecule has 4 rings (SSSR count). The van der Waals surface area contributed by atoms with Gasteiger partial charge in [-0.1, -0.05) is 12.1 Å². The first-order chi connectivity index (χ1) is 13.1. The summed E-state index contributed by atoms with van der Waals surface area (Å²) in [5, 5.41) is 10.4. The van der Waals surface area contributed by atoms with Crippen LogP contribution in [-0.4, -0.2) is 39.9 Å². The number of H-pyrrole nitrogens is 1. The lowest BCUT2D eigenvalue weighted by Crippen LogP contribution is -2.40. The summed E-state index contributed by atoms with van der Waals surface area (Å²) in [5.41, 5.74) is 2.44. The molecule has 7 heteroatoms. The van der Waals surface area contributed by atoms with E-state index in [0.717, 1.165) is 35.6 Å². The number of anilines is 1. The molecule has 1 aromatic carbocycles. The monoisotopic (exact) mass is 367 g/mol. The largest absolute Gasteiger partial charge is 0.381 e. The second-order valence-electron chi connectivity index (χ2n) is 6.91. The maximum Gasteiger partial charge on any atom is 0.130 e. The minimum absolute atomic E-state index is 0.187. The summed E-state index contributed by atoms with van der Waals surface area (Å²) < 4.78 is 19.4. The standard InChI is InChI=1S/C20H22FN5O/c1-14-24-18(17-5-8-23-26-17)12-19(25-14)22-13-20(6-9-27-10-7-20)15-3-2-4-16(21)11-15/h2-5,8,11-12H,6-7,9-10,13H2,1H3,(H,23,26)(H,22,24,25). The number of aromatic amines is 1. The Hall–Kier alpha value is -2.80. The van der Waals surface area contributed by atoms with Gasteiger partial charge >= 0.3 is 0 Å². The zero-order chi connectivity index (χ0) is 18.7. The van der Waals surface area contributed by atoms with Gasteiger partial charge < -0.3 is 10.1 Å². The molecule has 3 heterocycles. The number of ether oxygens (including phenoxy) is 1. The minimum Gasteiger partial charge on any atom is -0.381 e. The van der Waals surface area contributed by atoms with E-state index in [1.165, 1.54) is 6.07 Å². The van der Waals surface area contributed by atoms with Gasteiger partial charge in [0, 0.05) is 37.4 Å². The predicted octanol–water partition coefficient (Wildman–Crippen LogP) is 3.47. The van der Waals surface area contributed by atoms with Crippen molar-refractivity contribution in [3.63, 3.8) is 0 Å². The van der Waals surface area contributed by atoms with Crippen molar-refractivity contribution in [2.45, 2.75) is 25.2 Å². The zero-order valence-electron chi connectivity index (χ0n) is 15.2.